The fraction of sp³-hybridized carbons (Fsp3) is 0.160. The standard InChI is InChI=1S/C25H22N2O6/c28-22(24(30)31)13-26-23(29)15-6-5-7-16(12-15)27-25(32)33-14-21-19-10-3-1-8-17(19)18-9-2-4-11-20(18)21/h1-12,21-22,28H,13-14H2,(H,26,29)(H,27,32)(H,30,31). The molecule has 0 saturated carbocycles. The average molecular weight is 446 g/mol. The molecule has 168 valence electrons. The highest BCUT2D eigenvalue weighted by atomic mass is 16.5. The van der Waals surface area contributed by atoms with Crippen LogP contribution in [0.2, 0.25) is 0 Å². The number of hydrogen-bond acceptors (Lipinski definition) is 5. The molecular formula is C25H22N2O6. The van der Waals surface area contributed by atoms with Gasteiger partial charge in [-0.25, -0.2) is 9.59 Å². The van der Waals surface area contributed by atoms with Crippen molar-refractivity contribution < 1.29 is 29.3 Å². The Kier molecular flexibility index (Phi) is 6.37. The minimum Gasteiger partial charge on any atom is -0.479 e. The summed E-state index contributed by atoms with van der Waals surface area (Å²) in [5, 5.41) is 22.9. The monoisotopic (exact) mass is 446 g/mol. The summed E-state index contributed by atoms with van der Waals surface area (Å²) >= 11 is 0. The number of ether oxygens (including phenoxy) is 1. The quantitative estimate of drug-likeness (QED) is 0.442. The van der Waals surface area contributed by atoms with Crippen LogP contribution in [-0.2, 0) is 9.53 Å². The summed E-state index contributed by atoms with van der Waals surface area (Å²) in [6.07, 6.45) is -2.35. The van der Waals surface area contributed by atoms with Crippen LogP contribution in [0.1, 0.15) is 27.4 Å². The van der Waals surface area contributed by atoms with Crippen LogP contribution in [0.4, 0.5) is 10.5 Å². The molecule has 0 bridgehead atoms. The Morgan fingerprint density at radius 2 is 1.55 bits per heavy atom. The molecular weight excluding hydrogens is 424 g/mol. The minimum atomic E-state index is -1.70. The van der Waals surface area contributed by atoms with Gasteiger partial charge in [0.1, 0.15) is 6.61 Å². The Bertz CT molecular complexity index is 1160. The van der Waals surface area contributed by atoms with Gasteiger partial charge in [0, 0.05) is 17.2 Å². The van der Waals surface area contributed by atoms with Crippen LogP contribution in [0, 0.1) is 0 Å². The second-order valence-electron chi connectivity index (χ2n) is 7.60. The Labute approximate surface area is 189 Å². The highest BCUT2D eigenvalue weighted by molar-refractivity contribution is 5.96. The Balaban J connectivity index is 1.38. The molecule has 33 heavy (non-hydrogen) atoms. The largest absolute Gasteiger partial charge is 0.479 e. The van der Waals surface area contributed by atoms with E-state index in [1.165, 1.54) is 12.1 Å². The number of aliphatic hydroxyl groups excluding tert-OH is 1. The topological polar surface area (TPSA) is 125 Å². The zero-order valence-electron chi connectivity index (χ0n) is 17.5. The zero-order valence-corrected chi connectivity index (χ0v) is 17.5. The molecule has 0 aliphatic heterocycles. The van der Waals surface area contributed by atoms with E-state index < -0.39 is 30.6 Å². The summed E-state index contributed by atoms with van der Waals surface area (Å²) in [6, 6.07) is 22.2. The van der Waals surface area contributed by atoms with Gasteiger partial charge < -0.3 is 20.3 Å². The van der Waals surface area contributed by atoms with Crippen molar-refractivity contribution >= 4 is 23.7 Å². The molecule has 8 heteroatoms. The SMILES string of the molecule is O=C(Nc1cccc(C(=O)NCC(O)C(=O)O)c1)OCC1c2ccccc2-c2ccccc21. The van der Waals surface area contributed by atoms with Crippen molar-refractivity contribution in [3.05, 3.63) is 89.5 Å². The molecule has 1 atom stereocenters. The van der Waals surface area contributed by atoms with E-state index in [0.29, 0.717) is 5.69 Å². The first-order valence-electron chi connectivity index (χ1n) is 10.3. The van der Waals surface area contributed by atoms with Crippen LogP contribution in [0.15, 0.2) is 72.8 Å². The first-order valence-corrected chi connectivity index (χ1v) is 10.3. The van der Waals surface area contributed by atoms with E-state index in [0.717, 1.165) is 22.3 Å². The smallest absolute Gasteiger partial charge is 0.411 e. The van der Waals surface area contributed by atoms with Gasteiger partial charge in [0.15, 0.2) is 6.10 Å². The number of aliphatic carboxylic acids is 1. The molecule has 1 aliphatic rings. The lowest BCUT2D eigenvalue weighted by Crippen LogP contribution is -2.36. The maximum Gasteiger partial charge on any atom is 0.411 e. The molecule has 2 amide bonds. The Morgan fingerprint density at radius 3 is 2.18 bits per heavy atom. The maximum absolute atomic E-state index is 12.4. The first kappa shape index (κ1) is 22.0. The number of amides is 2. The highest BCUT2D eigenvalue weighted by Crippen LogP contribution is 2.44. The third-order valence-corrected chi connectivity index (χ3v) is 5.46. The van der Waals surface area contributed by atoms with Crippen LogP contribution in [0.3, 0.4) is 0 Å². The number of benzene rings is 3. The Hall–Kier alpha value is -4.17. The molecule has 0 aromatic heterocycles. The van der Waals surface area contributed by atoms with Crippen molar-refractivity contribution in [3.63, 3.8) is 0 Å². The summed E-state index contributed by atoms with van der Waals surface area (Å²) in [5.74, 6) is -2.08. The average Bonchev–Trinajstić information content (AvgIpc) is 3.15. The number of nitrogens with one attached hydrogen (secondary N) is 2. The predicted octanol–water partition coefficient (Wildman–Crippen LogP) is 3.22. The summed E-state index contributed by atoms with van der Waals surface area (Å²) in [6.45, 7) is -0.273. The van der Waals surface area contributed by atoms with E-state index in [9.17, 15) is 19.5 Å². The highest BCUT2D eigenvalue weighted by Gasteiger charge is 2.29. The van der Waals surface area contributed by atoms with Crippen molar-refractivity contribution in [2.45, 2.75) is 12.0 Å². The van der Waals surface area contributed by atoms with Crippen molar-refractivity contribution in [1.82, 2.24) is 5.32 Å². The van der Waals surface area contributed by atoms with Gasteiger partial charge >= 0.3 is 12.1 Å². The second kappa shape index (κ2) is 9.54. The maximum atomic E-state index is 12.4. The molecule has 0 heterocycles. The number of anilines is 1. The number of rotatable bonds is 7. The van der Waals surface area contributed by atoms with Gasteiger partial charge in [-0.2, -0.15) is 0 Å². The molecule has 1 unspecified atom stereocenters. The second-order valence-corrected chi connectivity index (χ2v) is 7.60. The van der Waals surface area contributed by atoms with Gasteiger partial charge in [-0.05, 0) is 40.5 Å². The van der Waals surface area contributed by atoms with Crippen molar-refractivity contribution in [2.75, 3.05) is 18.5 Å². The summed E-state index contributed by atoms with van der Waals surface area (Å²) < 4.78 is 5.50. The number of aliphatic hydroxyl groups is 1. The third kappa shape index (κ3) is 4.86. The Morgan fingerprint density at radius 1 is 0.909 bits per heavy atom. The van der Waals surface area contributed by atoms with Gasteiger partial charge in [0.2, 0.25) is 0 Å². The van der Waals surface area contributed by atoms with E-state index in [1.807, 2.05) is 36.4 Å². The van der Waals surface area contributed by atoms with Gasteiger partial charge in [-0.15, -0.1) is 0 Å². The molecule has 0 radical (unpaired) electrons. The minimum absolute atomic E-state index is 0.0686. The van der Waals surface area contributed by atoms with Crippen LogP contribution in [0.25, 0.3) is 11.1 Å². The molecule has 0 spiro atoms. The van der Waals surface area contributed by atoms with Crippen LogP contribution < -0.4 is 10.6 Å². The van der Waals surface area contributed by atoms with E-state index in [4.69, 9.17) is 9.84 Å². The number of carboxylic acid groups (broad SMARTS) is 1. The number of carboxylic acids is 1. The third-order valence-electron chi connectivity index (χ3n) is 5.46. The lowest BCUT2D eigenvalue weighted by Gasteiger charge is -2.15. The lowest BCUT2D eigenvalue weighted by molar-refractivity contribution is -0.146. The number of hydrogen-bond donors (Lipinski definition) is 4. The van der Waals surface area contributed by atoms with E-state index in [2.05, 4.69) is 22.8 Å². The molecule has 0 saturated heterocycles. The zero-order chi connectivity index (χ0) is 23.4. The lowest BCUT2D eigenvalue weighted by atomic mass is 9.98. The summed E-state index contributed by atoms with van der Waals surface area (Å²) in [4.78, 5) is 35.3. The van der Waals surface area contributed by atoms with Crippen LogP contribution in [-0.4, -0.2) is 47.4 Å². The van der Waals surface area contributed by atoms with Gasteiger partial charge in [-0.3, -0.25) is 10.1 Å². The summed E-state index contributed by atoms with van der Waals surface area (Å²) in [5.41, 5.74) is 5.02. The fourth-order valence-electron chi connectivity index (χ4n) is 3.87. The van der Waals surface area contributed by atoms with E-state index >= 15 is 0 Å². The molecule has 3 aromatic carbocycles. The van der Waals surface area contributed by atoms with Gasteiger partial charge in [0.25, 0.3) is 5.91 Å². The molecule has 0 fully saturated rings. The predicted molar refractivity (Wildman–Crippen MR) is 121 cm³/mol. The van der Waals surface area contributed by atoms with Crippen molar-refractivity contribution in [3.8, 4) is 11.1 Å². The first-order chi connectivity index (χ1) is 15.9. The number of carbonyl (C=O) groups excluding carboxylic acids is 2. The van der Waals surface area contributed by atoms with E-state index in [1.54, 1.807) is 12.1 Å². The number of fused-ring (bicyclic) bond motifs is 3. The van der Waals surface area contributed by atoms with Crippen LogP contribution >= 0.6 is 0 Å². The van der Waals surface area contributed by atoms with Crippen LogP contribution in [0.5, 0.6) is 0 Å². The normalized spacial score (nSPS) is 12.9. The number of carbonyl (C=O) groups is 3. The molecule has 3 aromatic rings. The van der Waals surface area contributed by atoms with Crippen molar-refractivity contribution in [2.24, 2.45) is 0 Å². The molecule has 1 aliphatic carbocycles. The molecule has 4 N–H and O–H groups in total. The molecule has 4 rings (SSSR count). The summed E-state index contributed by atoms with van der Waals surface area (Å²) in [7, 11) is 0. The van der Waals surface area contributed by atoms with Crippen molar-refractivity contribution in [1.29, 1.82) is 0 Å². The van der Waals surface area contributed by atoms with Gasteiger partial charge in [-0.1, -0.05) is 54.6 Å². The molecule has 8 nitrogen and oxygen atoms in total. The van der Waals surface area contributed by atoms with Gasteiger partial charge in [0.05, 0.1) is 6.54 Å². The van der Waals surface area contributed by atoms with E-state index in [-0.39, 0.29) is 18.1 Å². The fourth-order valence-corrected chi connectivity index (χ4v) is 3.87.